The lowest BCUT2D eigenvalue weighted by Gasteiger charge is -2.32. The van der Waals surface area contributed by atoms with Crippen molar-refractivity contribution in [3.63, 3.8) is 0 Å². The molecule has 0 amide bonds. The Morgan fingerprint density at radius 1 is 1.06 bits per heavy atom. The van der Waals surface area contributed by atoms with E-state index in [1.54, 1.807) is 17.8 Å². The third-order valence-electron chi connectivity index (χ3n) is 7.13. The number of ether oxygens (including phenoxy) is 2. The number of nitrogens with zero attached hydrogens (tertiary/aromatic N) is 1. The Hall–Kier alpha value is -2.29. The third-order valence-corrected chi connectivity index (χ3v) is 8.79. The van der Waals surface area contributed by atoms with Gasteiger partial charge in [0.1, 0.15) is 5.82 Å². The molecule has 36 heavy (non-hydrogen) atoms. The molecule has 1 spiro atoms. The van der Waals surface area contributed by atoms with Gasteiger partial charge in [-0.2, -0.15) is 0 Å². The number of benzene rings is 1. The monoisotopic (exact) mass is 529 g/mol. The number of aromatic nitrogens is 1. The van der Waals surface area contributed by atoms with Gasteiger partial charge >= 0.3 is 11.9 Å². The first-order valence-electron chi connectivity index (χ1n) is 12.8. The number of nitrogens with one attached hydrogen (secondary N) is 2. The van der Waals surface area contributed by atoms with Crippen LogP contribution in [0, 0.1) is 5.92 Å². The molecule has 1 aliphatic carbocycles. The molecular formula is C27H32ClN3O4S. The van der Waals surface area contributed by atoms with E-state index in [1.165, 1.54) is 32.1 Å². The van der Waals surface area contributed by atoms with Crippen molar-refractivity contribution in [1.82, 2.24) is 10.3 Å². The van der Waals surface area contributed by atoms with E-state index >= 15 is 0 Å². The van der Waals surface area contributed by atoms with Gasteiger partial charge in [0.25, 0.3) is 5.79 Å². The van der Waals surface area contributed by atoms with Crippen LogP contribution in [0.2, 0.25) is 5.02 Å². The number of carbonyl (C=O) groups is 2. The Balaban J connectivity index is 1.31. The lowest BCUT2D eigenvalue weighted by Crippen LogP contribution is -2.43. The van der Waals surface area contributed by atoms with Crippen molar-refractivity contribution < 1.29 is 19.1 Å². The molecule has 7 nitrogen and oxygen atoms in total. The smallest absolute Gasteiger partial charge is 0.309 e. The summed E-state index contributed by atoms with van der Waals surface area (Å²) in [5, 5.41) is 7.38. The summed E-state index contributed by atoms with van der Waals surface area (Å²) in [6, 6.07) is 7.74. The van der Waals surface area contributed by atoms with Crippen molar-refractivity contribution in [2.75, 3.05) is 25.0 Å². The Bertz CT molecular complexity index is 1090. The van der Waals surface area contributed by atoms with Crippen LogP contribution in [0.3, 0.4) is 0 Å². The maximum Gasteiger partial charge on any atom is 0.309 e. The summed E-state index contributed by atoms with van der Waals surface area (Å²) in [6.07, 6.45) is 9.27. The zero-order chi connectivity index (χ0) is 25.0. The maximum absolute atomic E-state index is 12.3. The standard InChI is InChI=1S/C27H32ClN3O4S/c28-22-8-7-21-20(12-13-29-17-27(21)34-24(32)10-11-25(33)35-27)26(22)36-16-19-6-9-23(31-15-19)30-14-18-4-2-1-3-5-18/h6-9,15,18,29H,1-5,10-14,16-17H2,(H,30,31). The van der Waals surface area contributed by atoms with Crippen LogP contribution in [-0.2, 0) is 37.0 Å². The first kappa shape index (κ1) is 25.4. The Morgan fingerprint density at radius 2 is 1.83 bits per heavy atom. The summed E-state index contributed by atoms with van der Waals surface area (Å²) in [7, 11) is 0. The van der Waals surface area contributed by atoms with Gasteiger partial charge in [0.05, 0.1) is 24.4 Å². The van der Waals surface area contributed by atoms with E-state index in [9.17, 15) is 9.59 Å². The molecule has 1 saturated carbocycles. The van der Waals surface area contributed by atoms with Crippen molar-refractivity contribution in [2.24, 2.45) is 5.92 Å². The van der Waals surface area contributed by atoms with Crippen molar-refractivity contribution in [1.29, 1.82) is 0 Å². The van der Waals surface area contributed by atoms with Crippen molar-refractivity contribution in [3.05, 3.63) is 52.2 Å². The fourth-order valence-electron chi connectivity index (χ4n) is 5.21. The average molecular weight is 530 g/mol. The summed E-state index contributed by atoms with van der Waals surface area (Å²) < 4.78 is 11.5. The predicted molar refractivity (Wildman–Crippen MR) is 140 cm³/mol. The zero-order valence-electron chi connectivity index (χ0n) is 20.3. The van der Waals surface area contributed by atoms with Crippen LogP contribution in [0.5, 0.6) is 0 Å². The van der Waals surface area contributed by atoms with E-state index < -0.39 is 17.7 Å². The molecule has 0 atom stereocenters. The second-order valence-corrected chi connectivity index (χ2v) is 11.1. The normalized spacial score (nSPS) is 20.1. The van der Waals surface area contributed by atoms with Gasteiger partial charge in [-0.1, -0.05) is 36.9 Å². The fourth-order valence-corrected chi connectivity index (χ4v) is 6.62. The Labute approximate surface area is 221 Å². The molecule has 192 valence electrons. The SMILES string of the molecule is O=C1CCC(=O)OC2(CNCCc3c2ccc(Cl)c3SCc2ccc(NCC3CCCCC3)nc2)O1. The highest BCUT2D eigenvalue weighted by atomic mass is 35.5. The van der Waals surface area contributed by atoms with Crippen molar-refractivity contribution in [3.8, 4) is 0 Å². The van der Waals surface area contributed by atoms with Crippen LogP contribution in [0.25, 0.3) is 0 Å². The molecule has 2 aromatic rings. The van der Waals surface area contributed by atoms with Crippen LogP contribution in [0.4, 0.5) is 5.82 Å². The van der Waals surface area contributed by atoms with E-state index in [1.807, 2.05) is 18.3 Å². The number of esters is 2. The number of pyridine rings is 1. The van der Waals surface area contributed by atoms with E-state index in [4.69, 9.17) is 21.1 Å². The van der Waals surface area contributed by atoms with Crippen molar-refractivity contribution >= 4 is 41.1 Å². The van der Waals surface area contributed by atoms with E-state index in [-0.39, 0.29) is 19.4 Å². The summed E-state index contributed by atoms with van der Waals surface area (Å²) in [5.74, 6) is -0.0109. The minimum atomic E-state index is -1.47. The van der Waals surface area contributed by atoms with E-state index in [2.05, 4.69) is 21.7 Å². The molecule has 1 aromatic carbocycles. The van der Waals surface area contributed by atoms with Gasteiger partial charge < -0.3 is 20.1 Å². The predicted octanol–water partition coefficient (Wildman–Crippen LogP) is 5.20. The van der Waals surface area contributed by atoms with Gasteiger partial charge in [0.15, 0.2) is 0 Å². The molecule has 9 heteroatoms. The topological polar surface area (TPSA) is 89.6 Å². The molecule has 2 fully saturated rings. The second kappa shape index (κ2) is 11.4. The van der Waals surface area contributed by atoms with Gasteiger partial charge in [0, 0.05) is 29.0 Å². The maximum atomic E-state index is 12.3. The fraction of sp³-hybridized carbons (Fsp3) is 0.519. The lowest BCUT2D eigenvalue weighted by molar-refractivity contribution is -0.225. The number of thioether (sulfide) groups is 1. The molecule has 2 N–H and O–H groups in total. The van der Waals surface area contributed by atoms with E-state index in [0.29, 0.717) is 29.3 Å². The number of hydrogen-bond donors (Lipinski definition) is 2. The number of halogens is 1. The number of fused-ring (bicyclic) bond motifs is 2. The Morgan fingerprint density at radius 3 is 2.56 bits per heavy atom. The molecule has 1 aromatic heterocycles. The number of rotatable bonds is 6. The van der Waals surface area contributed by atoms with Gasteiger partial charge in [-0.05, 0) is 61.1 Å². The third kappa shape index (κ3) is 5.82. The average Bonchev–Trinajstić information content (AvgIpc) is 3.15. The molecule has 3 aliphatic rings. The van der Waals surface area contributed by atoms with Crippen LogP contribution in [0.15, 0.2) is 35.4 Å². The molecule has 0 unspecified atom stereocenters. The molecule has 1 saturated heterocycles. The van der Waals surface area contributed by atoms with Gasteiger partial charge in [-0.15, -0.1) is 11.8 Å². The first-order valence-corrected chi connectivity index (χ1v) is 14.2. The van der Waals surface area contributed by atoms with Crippen LogP contribution >= 0.6 is 23.4 Å². The highest BCUT2D eigenvalue weighted by molar-refractivity contribution is 7.98. The summed E-state index contributed by atoms with van der Waals surface area (Å²) in [6.45, 7) is 1.85. The quantitative estimate of drug-likeness (QED) is 0.390. The van der Waals surface area contributed by atoms with Crippen LogP contribution in [-0.4, -0.2) is 36.6 Å². The van der Waals surface area contributed by atoms with Crippen LogP contribution < -0.4 is 10.6 Å². The summed E-state index contributed by atoms with van der Waals surface area (Å²) >= 11 is 8.27. The lowest BCUT2D eigenvalue weighted by atomic mass is 9.89. The summed E-state index contributed by atoms with van der Waals surface area (Å²) in [5.41, 5.74) is 2.72. The number of hydrogen-bond acceptors (Lipinski definition) is 8. The van der Waals surface area contributed by atoms with Crippen molar-refractivity contribution in [2.45, 2.75) is 67.8 Å². The summed E-state index contributed by atoms with van der Waals surface area (Å²) in [4.78, 5) is 30.2. The highest BCUT2D eigenvalue weighted by Crippen LogP contribution is 2.42. The highest BCUT2D eigenvalue weighted by Gasteiger charge is 2.46. The Kier molecular flexibility index (Phi) is 8.03. The van der Waals surface area contributed by atoms with Crippen LogP contribution in [0.1, 0.15) is 61.6 Å². The molecule has 2 aliphatic heterocycles. The number of anilines is 1. The zero-order valence-corrected chi connectivity index (χ0v) is 21.9. The molecule has 5 rings (SSSR count). The minimum Gasteiger partial charge on any atom is -0.416 e. The molecule has 0 bridgehead atoms. The first-order chi connectivity index (χ1) is 17.5. The van der Waals surface area contributed by atoms with E-state index in [0.717, 1.165) is 34.3 Å². The second-order valence-electron chi connectivity index (χ2n) is 9.76. The molecule has 3 heterocycles. The van der Waals surface area contributed by atoms with Gasteiger partial charge in [-0.3, -0.25) is 9.59 Å². The molecular weight excluding hydrogens is 498 g/mol. The van der Waals surface area contributed by atoms with Gasteiger partial charge in [0.2, 0.25) is 0 Å². The largest absolute Gasteiger partial charge is 0.416 e. The number of carbonyl (C=O) groups excluding carboxylic acids is 2. The van der Waals surface area contributed by atoms with Gasteiger partial charge in [-0.25, -0.2) is 4.98 Å². The molecule has 0 radical (unpaired) electrons. The minimum absolute atomic E-state index is 0.0175.